The lowest BCUT2D eigenvalue weighted by Gasteiger charge is -2.10. The van der Waals surface area contributed by atoms with Crippen LogP contribution in [0.1, 0.15) is 12.8 Å². The Morgan fingerprint density at radius 3 is 2.43 bits per heavy atom. The largest absolute Gasteiger partial charge is 0.419 e. The smallest absolute Gasteiger partial charge is 0.408 e. The third-order valence-electron chi connectivity index (χ3n) is 4.37. The summed E-state index contributed by atoms with van der Waals surface area (Å²) >= 11 is 0. The van der Waals surface area contributed by atoms with Crippen molar-refractivity contribution in [3.63, 3.8) is 0 Å². The molecule has 0 bridgehead atoms. The van der Waals surface area contributed by atoms with Gasteiger partial charge in [0.1, 0.15) is 0 Å². The molecule has 2 aromatic carbocycles. The summed E-state index contributed by atoms with van der Waals surface area (Å²) in [5.41, 5.74) is 0.705. The van der Waals surface area contributed by atoms with E-state index in [2.05, 4.69) is 9.44 Å². The zero-order chi connectivity index (χ0) is 20.1. The van der Waals surface area contributed by atoms with E-state index in [9.17, 15) is 21.6 Å². The monoisotopic (exact) mass is 423 g/mol. The first kappa shape index (κ1) is 18.7. The molecule has 4 rings (SSSR count). The van der Waals surface area contributed by atoms with Gasteiger partial charge < -0.3 is 4.42 Å². The van der Waals surface area contributed by atoms with Crippen molar-refractivity contribution in [3.8, 4) is 0 Å². The molecule has 148 valence electrons. The van der Waals surface area contributed by atoms with Crippen molar-refractivity contribution in [1.29, 1.82) is 0 Å². The van der Waals surface area contributed by atoms with Crippen LogP contribution in [0.25, 0.3) is 11.1 Å². The summed E-state index contributed by atoms with van der Waals surface area (Å²) in [4.78, 5) is 11.4. The number of aromatic nitrogens is 1. The van der Waals surface area contributed by atoms with Crippen LogP contribution in [0.2, 0.25) is 0 Å². The molecule has 1 saturated carbocycles. The maximum Gasteiger partial charge on any atom is 0.419 e. The molecule has 0 saturated heterocycles. The Balaban J connectivity index is 1.64. The van der Waals surface area contributed by atoms with Gasteiger partial charge in [0.05, 0.1) is 21.0 Å². The summed E-state index contributed by atoms with van der Waals surface area (Å²) in [6.07, 6.45) is 1.59. The minimum atomic E-state index is -4.02. The van der Waals surface area contributed by atoms with E-state index in [1.807, 2.05) is 0 Å². The Bertz CT molecular complexity index is 1330. The van der Waals surface area contributed by atoms with Crippen molar-refractivity contribution < 1.29 is 21.3 Å². The van der Waals surface area contributed by atoms with Crippen LogP contribution in [0.3, 0.4) is 0 Å². The molecule has 28 heavy (non-hydrogen) atoms. The van der Waals surface area contributed by atoms with Gasteiger partial charge >= 0.3 is 5.76 Å². The molecular weight excluding hydrogens is 406 g/mol. The van der Waals surface area contributed by atoms with E-state index in [1.165, 1.54) is 54.1 Å². The van der Waals surface area contributed by atoms with Crippen LogP contribution < -0.4 is 15.2 Å². The van der Waals surface area contributed by atoms with Crippen LogP contribution in [0.4, 0.5) is 5.69 Å². The Labute approximate surface area is 161 Å². The van der Waals surface area contributed by atoms with Crippen molar-refractivity contribution in [1.82, 2.24) is 9.29 Å². The molecule has 1 heterocycles. The lowest BCUT2D eigenvalue weighted by Crippen LogP contribution is -2.25. The normalized spacial score (nSPS) is 15.0. The van der Waals surface area contributed by atoms with Gasteiger partial charge in [0, 0.05) is 19.2 Å². The number of nitrogens with zero attached hydrogens (tertiary/aromatic N) is 1. The lowest BCUT2D eigenvalue weighted by atomic mass is 10.3. The Hall–Kier alpha value is -2.63. The van der Waals surface area contributed by atoms with E-state index in [0.29, 0.717) is 5.52 Å². The van der Waals surface area contributed by atoms with E-state index in [1.54, 1.807) is 0 Å². The third kappa shape index (κ3) is 3.55. The molecule has 2 N–H and O–H groups in total. The minimum absolute atomic E-state index is 0.0240. The van der Waals surface area contributed by atoms with E-state index >= 15 is 0 Å². The van der Waals surface area contributed by atoms with Gasteiger partial charge in [-0.15, -0.1) is 0 Å². The van der Waals surface area contributed by atoms with Crippen LogP contribution in [-0.2, 0) is 27.1 Å². The van der Waals surface area contributed by atoms with Gasteiger partial charge in [-0.05, 0) is 43.2 Å². The first-order chi connectivity index (χ1) is 13.2. The van der Waals surface area contributed by atoms with E-state index < -0.39 is 25.8 Å². The SMILES string of the molecule is Cn1c(=O)oc2cc(S(=O)(=O)Nc3cccc(S(=O)(=O)NC4CC4)c3)ccc21. The molecule has 0 atom stereocenters. The maximum absolute atomic E-state index is 12.7. The van der Waals surface area contributed by atoms with Gasteiger partial charge in [0.15, 0.2) is 5.58 Å². The maximum atomic E-state index is 12.7. The fourth-order valence-electron chi connectivity index (χ4n) is 2.71. The number of nitrogens with one attached hydrogen (secondary N) is 2. The fraction of sp³-hybridized carbons (Fsp3) is 0.235. The summed E-state index contributed by atoms with van der Waals surface area (Å²) < 4.78 is 61.2. The summed E-state index contributed by atoms with van der Waals surface area (Å²) in [6, 6.07) is 9.56. The number of oxazole rings is 1. The second-order valence-corrected chi connectivity index (χ2v) is 9.98. The van der Waals surface area contributed by atoms with Crippen molar-refractivity contribution >= 4 is 36.8 Å². The molecule has 3 aromatic rings. The fourth-order valence-corrected chi connectivity index (χ4v) is 5.13. The number of rotatable bonds is 6. The van der Waals surface area contributed by atoms with Crippen LogP contribution in [0.5, 0.6) is 0 Å². The molecule has 1 aromatic heterocycles. The quantitative estimate of drug-likeness (QED) is 0.616. The minimum Gasteiger partial charge on any atom is -0.408 e. The highest BCUT2D eigenvalue weighted by molar-refractivity contribution is 7.92. The number of hydrogen-bond acceptors (Lipinski definition) is 6. The molecule has 0 spiro atoms. The van der Waals surface area contributed by atoms with Crippen molar-refractivity contribution in [2.45, 2.75) is 28.7 Å². The number of hydrogen-bond donors (Lipinski definition) is 2. The van der Waals surface area contributed by atoms with E-state index in [4.69, 9.17) is 4.42 Å². The van der Waals surface area contributed by atoms with Crippen LogP contribution in [0, 0.1) is 0 Å². The molecule has 0 amide bonds. The molecule has 1 aliphatic rings. The first-order valence-corrected chi connectivity index (χ1v) is 11.4. The van der Waals surface area contributed by atoms with Crippen LogP contribution >= 0.6 is 0 Å². The number of fused-ring (bicyclic) bond motifs is 1. The molecular formula is C17H17N3O6S2. The second kappa shape index (κ2) is 6.47. The first-order valence-electron chi connectivity index (χ1n) is 8.40. The van der Waals surface area contributed by atoms with E-state index in [-0.39, 0.29) is 27.1 Å². The number of aryl methyl sites for hydroxylation is 1. The number of anilines is 1. The topological polar surface area (TPSA) is 127 Å². The highest BCUT2D eigenvalue weighted by atomic mass is 32.2. The molecule has 9 nitrogen and oxygen atoms in total. The van der Waals surface area contributed by atoms with Gasteiger partial charge in [0.25, 0.3) is 10.0 Å². The summed E-state index contributed by atoms with van der Waals surface area (Å²) in [5.74, 6) is -0.599. The average molecular weight is 423 g/mol. The van der Waals surface area contributed by atoms with Crippen molar-refractivity contribution in [2.24, 2.45) is 7.05 Å². The molecule has 0 aliphatic heterocycles. The van der Waals surface area contributed by atoms with Gasteiger partial charge in [-0.1, -0.05) is 6.07 Å². The lowest BCUT2D eigenvalue weighted by molar-refractivity contribution is 0.527. The molecule has 0 radical (unpaired) electrons. The van der Waals surface area contributed by atoms with Gasteiger partial charge in [-0.25, -0.2) is 26.4 Å². The highest BCUT2D eigenvalue weighted by Gasteiger charge is 2.28. The van der Waals surface area contributed by atoms with Crippen molar-refractivity contribution in [3.05, 3.63) is 53.0 Å². The van der Waals surface area contributed by atoms with E-state index in [0.717, 1.165) is 12.8 Å². The summed E-state index contributed by atoms with van der Waals surface area (Å²) in [7, 11) is -6.21. The zero-order valence-corrected chi connectivity index (χ0v) is 16.4. The van der Waals surface area contributed by atoms with Gasteiger partial charge in [0.2, 0.25) is 10.0 Å². The molecule has 0 unspecified atom stereocenters. The Morgan fingerprint density at radius 1 is 1.00 bits per heavy atom. The highest BCUT2D eigenvalue weighted by Crippen LogP contribution is 2.25. The average Bonchev–Trinajstić information content (AvgIpc) is 3.39. The van der Waals surface area contributed by atoms with Gasteiger partial charge in [-0.2, -0.15) is 0 Å². The van der Waals surface area contributed by atoms with Gasteiger partial charge in [-0.3, -0.25) is 9.29 Å². The Kier molecular flexibility index (Phi) is 4.32. The molecule has 1 aliphatic carbocycles. The third-order valence-corrected chi connectivity index (χ3v) is 7.27. The Morgan fingerprint density at radius 2 is 1.71 bits per heavy atom. The van der Waals surface area contributed by atoms with Crippen molar-refractivity contribution in [2.75, 3.05) is 4.72 Å². The standard InChI is InChI=1S/C17H17N3O6S2/c1-20-15-8-7-14(10-16(15)26-17(20)21)28(24,25)19-12-3-2-4-13(9-12)27(22,23)18-11-5-6-11/h2-4,7-11,18-19H,5-6H2,1H3. The predicted octanol–water partition coefficient (Wildman–Crippen LogP) is 1.37. The van der Waals surface area contributed by atoms with Crippen LogP contribution in [0.15, 0.2) is 61.5 Å². The predicted molar refractivity (Wildman–Crippen MR) is 102 cm³/mol. The number of benzene rings is 2. The zero-order valence-electron chi connectivity index (χ0n) is 14.7. The van der Waals surface area contributed by atoms with Crippen LogP contribution in [-0.4, -0.2) is 27.4 Å². The summed E-state index contributed by atoms with van der Waals surface area (Å²) in [6.45, 7) is 0. The summed E-state index contributed by atoms with van der Waals surface area (Å²) in [5, 5.41) is 0. The molecule has 1 fully saturated rings. The second-order valence-electron chi connectivity index (χ2n) is 6.59. The number of sulfonamides is 2. The molecule has 11 heteroatoms.